The number of nitro groups is 1. The van der Waals surface area contributed by atoms with Crippen LogP contribution in [0.5, 0.6) is 0 Å². The topological polar surface area (TPSA) is 46.4 Å². The summed E-state index contributed by atoms with van der Waals surface area (Å²) < 4.78 is 0. The molecule has 1 aliphatic heterocycles. The number of nitrogens with zero attached hydrogens (tertiary/aromatic N) is 2. The maximum atomic E-state index is 10.8. The van der Waals surface area contributed by atoms with Crippen LogP contribution in [-0.4, -0.2) is 17.5 Å². The third-order valence-electron chi connectivity index (χ3n) is 3.58. The Hall–Kier alpha value is -1.29. The van der Waals surface area contributed by atoms with E-state index >= 15 is 0 Å². The van der Waals surface area contributed by atoms with Crippen LogP contribution in [0.1, 0.15) is 31.7 Å². The van der Waals surface area contributed by atoms with Gasteiger partial charge in [0.1, 0.15) is 0 Å². The second-order valence-electron chi connectivity index (χ2n) is 4.60. The fourth-order valence-electron chi connectivity index (χ4n) is 2.65. The number of alkyl halides is 1. The van der Waals surface area contributed by atoms with Crippen molar-refractivity contribution in [2.75, 3.05) is 11.4 Å². The summed E-state index contributed by atoms with van der Waals surface area (Å²) in [6, 6.07) is 5.53. The predicted octanol–water partition coefficient (Wildman–Crippen LogP) is 3.71. The maximum absolute atomic E-state index is 10.8. The van der Waals surface area contributed by atoms with Gasteiger partial charge in [-0.05, 0) is 30.9 Å². The number of hydrogen-bond donors (Lipinski definition) is 0. The molecule has 18 heavy (non-hydrogen) atoms. The molecule has 0 aromatic heterocycles. The Labute approximate surface area is 112 Å². The van der Waals surface area contributed by atoms with E-state index in [9.17, 15) is 10.1 Å². The second kappa shape index (κ2) is 5.57. The molecule has 0 spiro atoms. The van der Waals surface area contributed by atoms with Crippen LogP contribution < -0.4 is 4.90 Å². The molecule has 1 unspecified atom stereocenters. The number of non-ortho nitro benzene ring substituents is 1. The van der Waals surface area contributed by atoms with Crippen molar-refractivity contribution in [3.8, 4) is 0 Å². The SMILES string of the molecule is CCC1CCCN1c1ccc([N+](=O)[O-])cc1CCl. The molecule has 1 heterocycles. The molecule has 1 saturated heterocycles. The molecule has 1 aromatic rings. The van der Waals surface area contributed by atoms with Gasteiger partial charge in [-0.25, -0.2) is 0 Å². The van der Waals surface area contributed by atoms with E-state index in [2.05, 4.69) is 11.8 Å². The Morgan fingerprint density at radius 3 is 2.94 bits per heavy atom. The summed E-state index contributed by atoms with van der Waals surface area (Å²) in [6.45, 7) is 3.19. The van der Waals surface area contributed by atoms with Crippen molar-refractivity contribution in [3.63, 3.8) is 0 Å². The molecule has 0 amide bonds. The zero-order valence-electron chi connectivity index (χ0n) is 10.4. The molecule has 0 aliphatic carbocycles. The van der Waals surface area contributed by atoms with Crippen LogP contribution >= 0.6 is 11.6 Å². The summed E-state index contributed by atoms with van der Waals surface area (Å²) >= 11 is 5.93. The van der Waals surface area contributed by atoms with Crippen LogP contribution in [0.25, 0.3) is 0 Å². The van der Waals surface area contributed by atoms with Crippen molar-refractivity contribution in [2.24, 2.45) is 0 Å². The van der Waals surface area contributed by atoms with E-state index < -0.39 is 0 Å². The van der Waals surface area contributed by atoms with Crippen LogP contribution in [0.2, 0.25) is 0 Å². The number of halogens is 1. The lowest BCUT2D eigenvalue weighted by atomic mass is 10.1. The first-order valence-electron chi connectivity index (χ1n) is 6.27. The standard InChI is InChI=1S/C13H17ClN2O2/c1-2-11-4-3-7-15(11)13-6-5-12(16(17)18)8-10(13)9-14/h5-6,8,11H,2-4,7,9H2,1H3. The fourth-order valence-corrected chi connectivity index (χ4v) is 2.86. The number of rotatable bonds is 4. The minimum absolute atomic E-state index is 0.113. The number of anilines is 1. The zero-order chi connectivity index (χ0) is 13.1. The molecule has 0 bridgehead atoms. The van der Waals surface area contributed by atoms with Crippen molar-refractivity contribution in [3.05, 3.63) is 33.9 Å². The van der Waals surface area contributed by atoms with Gasteiger partial charge in [-0.2, -0.15) is 0 Å². The molecule has 4 nitrogen and oxygen atoms in total. The Morgan fingerprint density at radius 1 is 1.56 bits per heavy atom. The van der Waals surface area contributed by atoms with E-state index in [4.69, 9.17) is 11.6 Å². The third-order valence-corrected chi connectivity index (χ3v) is 3.86. The Bertz CT molecular complexity index is 451. The van der Waals surface area contributed by atoms with Gasteiger partial charge in [0.05, 0.1) is 4.92 Å². The van der Waals surface area contributed by atoms with Gasteiger partial charge in [0.15, 0.2) is 0 Å². The lowest BCUT2D eigenvalue weighted by molar-refractivity contribution is -0.384. The fraction of sp³-hybridized carbons (Fsp3) is 0.538. The van der Waals surface area contributed by atoms with Gasteiger partial charge in [-0.3, -0.25) is 10.1 Å². The van der Waals surface area contributed by atoms with Gasteiger partial charge in [0.25, 0.3) is 5.69 Å². The highest BCUT2D eigenvalue weighted by Gasteiger charge is 2.25. The molecule has 1 aromatic carbocycles. The minimum atomic E-state index is -0.374. The van der Waals surface area contributed by atoms with Gasteiger partial charge >= 0.3 is 0 Å². The zero-order valence-corrected chi connectivity index (χ0v) is 11.2. The first-order chi connectivity index (χ1) is 8.67. The van der Waals surface area contributed by atoms with E-state index in [-0.39, 0.29) is 10.6 Å². The van der Waals surface area contributed by atoms with Gasteiger partial charge in [-0.1, -0.05) is 6.92 Å². The molecular weight excluding hydrogens is 252 g/mol. The Morgan fingerprint density at radius 2 is 2.33 bits per heavy atom. The van der Waals surface area contributed by atoms with Crippen LogP contribution in [0.15, 0.2) is 18.2 Å². The van der Waals surface area contributed by atoms with Crippen LogP contribution in [-0.2, 0) is 5.88 Å². The quantitative estimate of drug-likeness (QED) is 0.475. The highest BCUT2D eigenvalue weighted by atomic mass is 35.5. The summed E-state index contributed by atoms with van der Waals surface area (Å²) in [5.41, 5.74) is 2.02. The van der Waals surface area contributed by atoms with Crippen LogP contribution in [0.3, 0.4) is 0 Å². The van der Waals surface area contributed by atoms with Gasteiger partial charge in [0.2, 0.25) is 0 Å². The molecular formula is C13H17ClN2O2. The molecule has 1 atom stereocenters. The Balaban J connectivity index is 2.35. The summed E-state index contributed by atoms with van der Waals surface area (Å²) in [5.74, 6) is 0.309. The number of benzene rings is 1. The van der Waals surface area contributed by atoms with Crippen molar-refractivity contribution < 1.29 is 4.92 Å². The van der Waals surface area contributed by atoms with Crippen LogP contribution in [0, 0.1) is 10.1 Å². The minimum Gasteiger partial charge on any atom is -0.368 e. The van der Waals surface area contributed by atoms with Crippen LogP contribution in [0.4, 0.5) is 11.4 Å². The number of hydrogen-bond acceptors (Lipinski definition) is 3. The van der Waals surface area contributed by atoms with E-state index in [0.29, 0.717) is 11.9 Å². The van der Waals surface area contributed by atoms with Gasteiger partial charge in [0, 0.05) is 36.3 Å². The lowest BCUT2D eigenvalue weighted by Gasteiger charge is -2.27. The summed E-state index contributed by atoms with van der Waals surface area (Å²) in [4.78, 5) is 12.7. The summed E-state index contributed by atoms with van der Waals surface area (Å²) in [5, 5.41) is 10.8. The lowest BCUT2D eigenvalue weighted by Crippen LogP contribution is -2.29. The van der Waals surface area contributed by atoms with E-state index in [1.807, 2.05) is 6.07 Å². The first kappa shape index (κ1) is 13.1. The normalized spacial score (nSPS) is 19.2. The van der Waals surface area contributed by atoms with Gasteiger partial charge in [-0.15, -0.1) is 11.6 Å². The average Bonchev–Trinajstić information content (AvgIpc) is 2.85. The first-order valence-corrected chi connectivity index (χ1v) is 6.80. The highest BCUT2D eigenvalue weighted by molar-refractivity contribution is 6.17. The van der Waals surface area contributed by atoms with E-state index in [0.717, 1.165) is 24.2 Å². The van der Waals surface area contributed by atoms with Crippen molar-refractivity contribution in [1.82, 2.24) is 0 Å². The highest BCUT2D eigenvalue weighted by Crippen LogP contribution is 2.33. The maximum Gasteiger partial charge on any atom is 0.269 e. The third kappa shape index (κ3) is 2.43. The molecule has 0 radical (unpaired) electrons. The van der Waals surface area contributed by atoms with Crippen molar-refractivity contribution in [2.45, 2.75) is 38.1 Å². The summed E-state index contributed by atoms with van der Waals surface area (Å²) in [6.07, 6.45) is 3.46. The molecule has 2 rings (SSSR count). The molecule has 0 N–H and O–H groups in total. The predicted molar refractivity (Wildman–Crippen MR) is 73.3 cm³/mol. The second-order valence-corrected chi connectivity index (χ2v) is 4.87. The van der Waals surface area contributed by atoms with Crippen molar-refractivity contribution >= 4 is 23.0 Å². The van der Waals surface area contributed by atoms with E-state index in [1.54, 1.807) is 12.1 Å². The van der Waals surface area contributed by atoms with E-state index in [1.165, 1.54) is 12.8 Å². The van der Waals surface area contributed by atoms with Gasteiger partial charge < -0.3 is 4.90 Å². The molecule has 0 saturated carbocycles. The average molecular weight is 269 g/mol. The summed E-state index contributed by atoms with van der Waals surface area (Å²) in [7, 11) is 0. The molecule has 5 heteroatoms. The Kier molecular flexibility index (Phi) is 4.07. The monoisotopic (exact) mass is 268 g/mol. The number of nitro benzene ring substituents is 1. The molecule has 1 fully saturated rings. The van der Waals surface area contributed by atoms with Crippen molar-refractivity contribution in [1.29, 1.82) is 0 Å². The largest absolute Gasteiger partial charge is 0.368 e. The molecule has 98 valence electrons. The molecule has 1 aliphatic rings. The smallest absolute Gasteiger partial charge is 0.269 e.